The molecule has 0 aromatic carbocycles. The first kappa shape index (κ1) is 18.5. The van der Waals surface area contributed by atoms with E-state index >= 15 is 0 Å². The summed E-state index contributed by atoms with van der Waals surface area (Å²) in [6, 6.07) is 0. The molecular weight excluding hydrogens is 274 g/mol. The summed E-state index contributed by atoms with van der Waals surface area (Å²) in [6.07, 6.45) is -5.40. The van der Waals surface area contributed by atoms with Gasteiger partial charge in [0.15, 0.2) is 0 Å². The quantitative estimate of drug-likeness (QED) is 0.252. The number of aliphatic hydroxyl groups is 5. The van der Waals surface area contributed by atoms with E-state index in [1.807, 2.05) is 0 Å². The Balaban J connectivity index is 4.47. The molecule has 0 fully saturated rings. The van der Waals surface area contributed by atoms with Crippen LogP contribution in [0.4, 0.5) is 0 Å². The first-order valence-electron chi connectivity index (χ1n) is 5.70. The van der Waals surface area contributed by atoms with Crippen LogP contribution in [0, 0.1) is 0 Å². The van der Waals surface area contributed by atoms with E-state index in [0.717, 1.165) is 11.0 Å². The Kier molecular flexibility index (Phi) is 7.96. The van der Waals surface area contributed by atoms with Crippen LogP contribution in [0.5, 0.6) is 0 Å². The molecule has 0 unspecified atom stereocenters. The van der Waals surface area contributed by atoms with Gasteiger partial charge in [0.2, 0.25) is 5.91 Å². The van der Waals surface area contributed by atoms with Gasteiger partial charge in [-0.3, -0.25) is 4.79 Å². The van der Waals surface area contributed by atoms with Crippen LogP contribution in [0.25, 0.3) is 0 Å². The van der Waals surface area contributed by atoms with Crippen molar-refractivity contribution in [3.05, 3.63) is 12.2 Å². The maximum absolute atomic E-state index is 11.4. The minimum absolute atomic E-state index is 0.404. The molecule has 9 nitrogen and oxygen atoms in total. The number of carboxylic acids is 1. The third-order valence-electron chi connectivity index (χ3n) is 2.53. The number of carboxylic acid groups (broad SMARTS) is 1. The average molecular weight is 293 g/mol. The van der Waals surface area contributed by atoms with Crippen molar-refractivity contribution >= 4 is 11.9 Å². The zero-order valence-electron chi connectivity index (χ0n) is 10.8. The van der Waals surface area contributed by atoms with E-state index in [-0.39, 0.29) is 0 Å². The molecule has 0 bridgehead atoms. The molecule has 20 heavy (non-hydrogen) atoms. The van der Waals surface area contributed by atoms with Gasteiger partial charge in [-0.1, -0.05) is 0 Å². The van der Waals surface area contributed by atoms with Gasteiger partial charge < -0.3 is 35.5 Å². The fourth-order valence-electron chi connectivity index (χ4n) is 1.31. The van der Waals surface area contributed by atoms with Crippen LogP contribution in [0.3, 0.4) is 0 Å². The molecule has 0 saturated heterocycles. The van der Waals surface area contributed by atoms with Gasteiger partial charge in [0.1, 0.15) is 24.4 Å². The monoisotopic (exact) mass is 293 g/mol. The largest absolute Gasteiger partial charge is 0.478 e. The van der Waals surface area contributed by atoms with Crippen molar-refractivity contribution in [3.63, 3.8) is 0 Å². The number of carbonyl (C=O) groups excluding carboxylic acids is 1. The van der Waals surface area contributed by atoms with E-state index in [2.05, 4.69) is 0 Å². The third-order valence-corrected chi connectivity index (χ3v) is 2.53. The van der Waals surface area contributed by atoms with Crippen molar-refractivity contribution in [1.29, 1.82) is 0 Å². The Morgan fingerprint density at radius 3 is 2.00 bits per heavy atom. The Morgan fingerprint density at radius 2 is 1.55 bits per heavy atom. The number of nitrogens with zero attached hydrogens (tertiary/aromatic N) is 1. The van der Waals surface area contributed by atoms with Gasteiger partial charge in [0.25, 0.3) is 0 Å². The number of hydrogen-bond donors (Lipinski definition) is 6. The summed E-state index contributed by atoms with van der Waals surface area (Å²) in [6.45, 7) is -1.21. The van der Waals surface area contributed by atoms with E-state index < -0.39 is 49.4 Å². The Hall–Kier alpha value is -1.52. The molecule has 1 amide bonds. The van der Waals surface area contributed by atoms with E-state index in [4.69, 9.17) is 15.3 Å². The van der Waals surface area contributed by atoms with Gasteiger partial charge in [-0.2, -0.15) is 0 Å². The van der Waals surface area contributed by atoms with Crippen molar-refractivity contribution in [3.8, 4) is 0 Å². The van der Waals surface area contributed by atoms with Crippen LogP contribution in [0.2, 0.25) is 0 Å². The number of carbonyl (C=O) groups is 2. The minimum atomic E-state index is -1.78. The molecule has 9 heteroatoms. The molecule has 6 N–H and O–H groups in total. The van der Waals surface area contributed by atoms with Crippen LogP contribution < -0.4 is 0 Å². The van der Waals surface area contributed by atoms with E-state index in [9.17, 15) is 24.9 Å². The number of hydrogen-bond acceptors (Lipinski definition) is 7. The fraction of sp³-hybridized carbons (Fsp3) is 0.636. The number of aliphatic hydroxyl groups excluding tert-OH is 5. The van der Waals surface area contributed by atoms with E-state index in [1.165, 1.54) is 7.05 Å². The van der Waals surface area contributed by atoms with Gasteiger partial charge in [-0.25, -0.2) is 4.79 Å². The highest BCUT2D eigenvalue weighted by molar-refractivity contribution is 5.93. The second-order valence-corrected chi connectivity index (χ2v) is 4.19. The molecule has 116 valence electrons. The lowest BCUT2D eigenvalue weighted by atomic mass is 10.0. The lowest BCUT2D eigenvalue weighted by Gasteiger charge is -2.28. The maximum Gasteiger partial charge on any atom is 0.328 e. The topological polar surface area (TPSA) is 159 Å². The predicted molar refractivity (Wildman–Crippen MR) is 65.5 cm³/mol. The van der Waals surface area contributed by atoms with Gasteiger partial charge in [-0.05, 0) is 0 Å². The highest BCUT2D eigenvalue weighted by Crippen LogP contribution is 2.06. The second-order valence-electron chi connectivity index (χ2n) is 4.19. The zero-order chi connectivity index (χ0) is 15.9. The molecular formula is C11H19NO8. The number of rotatable bonds is 8. The van der Waals surface area contributed by atoms with Crippen molar-refractivity contribution in [2.75, 3.05) is 20.2 Å². The van der Waals surface area contributed by atoms with Crippen molar-refractivity contribution in [2.45, 2.75) is 24.4 Å². The predicted octanol–water partition coefficient (Wildman–Crippen LogP) is -3.48. The summed E-state index contributed by atoms with van der Waals surface area (Å²) in [5.41, 5.74) is 0. The molecule has 0 aliphatic carbocycles. The Morgan fingerprint density at radius 1 is 1.05 bits per heavy atom. The lowest BCUT2D eigenvalue weighted by Crippen LogP contribution is -2.49. The summed E-state index contributed by atoms with van der Waals surface area (Å²) in [5, 5.41) is 54.5. The van der Waals surface area contributed by atoms with Crippen molar-refractivity contribution < 1.29 is 40.2 Å². The Labute approximate surface area is 115 Å². The van der Waals surface area contributed by atoms with Crippen LogP contribution in [-0.4, -0.2) is 92.0 Å². The second kappa shape index (κ2) is 8.61. The molecule has 0 spiro atoms. The maximum atomic E-state index is 11.4. The molecule has 0 radical (unpaired) electrons. The van der Waals surface area contributed by atoms with Crippen LogP contribution in [0.1, 0.15) is 0 Å². The zero-order valence-corrected chi connectivity index (χ0v) is 10.8. The summed E-state index contributed by atoms with van der Waals surface area (Å²) >= 11 is 0. The van der Waals surface area contributed by atoms with Crippen LogP contribution in [0.15, 0.2) is 12.2 Å². The summed E-state index contributed by atoms with van der Waals surface area (Å²) < 4.78 is 0. The SMILES string of the molecule is CN(C[C@H](O)[C@@H](O)[C@H](O)[C@H](O)CO)C(=O)/C=C\C(=O)O. The number of likely N-dealkylation sites (N-methyl/N-ethyl adjacent to an activating group) is 1. The molecule has 0 aliphatic heterocycles. The van der Waals surface area contributed by atoms with E-state index in [1.54, 1.807) is 0 Å². The molecule has 4 atom stereocenters. The minimum Gasteiger partial charge on any atom is -0.478 e. The Bertz CT molecular complexity index is 358. The lowest BCUT2D eigenvalue weighted by molar-refractivity contribution is -0.135. The highest BCUT2D eigenvalue weighted by Gasteiger charge is 2.31. The molecule has 0 rings (SSSR count). The average Bonchev–Trinajstić information content (AvgIpc) is 2.41. The molecule has 0 saturated carbocycles. The van der Waals surface area contributed by atoms with Gasteiger partial charge in [0.05, 0.1) is 6.61 Å². The smallest absolute Gasteiger partial charge is 0.328 e. The number of aliphatic carboxylic acids is 1. The van der Waals surface area contributed by atoms with Crippen molar-refractivity contribution in [2.24, 2.45) is 0 Å². The van der Waals surface area contributed by atoms with Gasteiger partial charge in [0, 0.05) is 25.7 Å². The van der Waals surface area contributed by atoms with Crippen molar-refractivity contribution in [1.82, 2.24) is 4.90 Å². The normalized spacial score (nSPS) is 17.5. The molecule has 0 aromatic rings. The van der Waals surface area contributed by atoms with Gasteiger partial charge >= 0.3 is 5.97 Å². The first-order chi connectivity index (χ1) is 9.20. The summed E-state index contributed by atoms with van der Waals surface area (Å²) in [4.78, 5) is 22.5. The summed E-state index contributed by atoms with van der Waals surface area (Å²) in [5.74, 6) is -2.04. The van der Waals surface area contributed by atoms with Crippen LogP contribution in [-0.2, 0) is 9.59 Å². The highest BCUT2D eigenvalue weighted by atomic mass is 16.4. The molecule has 0 aromatic heterocycles. The van der Waals surface area contributed by atoms with Crippen LogP contribution >= 0.6 is 0 Å². The molecule has 0 aliphatic rings. The fourth-order valence-corrected chi connectivity index (χ4v) is 1.31. The molecule has 0 heterocycles. The number of amides is 1. The third kappa shape index (κ3) is 6.08. The summed E-state index contributed by atoms with van der Waals surface area (Å²) in [7, 11) is 1.25. The first-order valence-corrected chi connectivity index (χ1v) is 5.70. The van der Waals surface area contributed by atoms with Gasteiger partial charge in [-0.15, -0.1) is 0 Å². The van der Waals surface area contributed by atoms with E-state index in [0.29, 0.717) is 6.08 Å². The standard InChI is InChI=1S/C11H19NO8/c1-12(8(16)2-3-9(17)18)4-6(14)10(19)11(20)7(15)5-13/h2-3,6-7,10-11,13-15,19-20H,4-5H2,1H3,(H,17,18)/b3-2-/t6-,7+,10+,11+/m0/s1.